The lowest BCUT2D eigenvalue weighted by atomic mass is 10.8. The molecule has 3 heteroatoms. The highest BCUT2D eigenvalue weighted by Crippen LogP contribution is 2.09. The van der Waals surface area contributed by atoms with E-state index in [-0.39, 0.29) is 0 Å². The van der Waals surface area contributed by atoms with Crippen molar-refractivity contribution in [1.82, 2.24) is 0 Å². The van der Waals surface area contributed by atoms with Gasteiger partial charge in [0.2, 0.25) is 0 Å². The molecule has 1 radical (unpaired) electrons. The Bertz CT molecular complexity index is 56.4. The molecule has 0 aliphatic carbocycles. The second-order valence-electron chi connectivity index (χ2n) is 0.498. The summed E-state index contributed by atoms with van der Waals surface area (Å²) in [5.41, 5.74) is 0. The quantitative estimate of drug-likeness (QED) is 0.417. The zero-order valence-electron chi connectivity index (χ0n) is 4.13. The molecule has 0 unspecified atom stereocenters. The van der Waals surface area contributed by atoms with Gasteiger partial charge in [-0.1, -0.05) is 0 Å². The Morgan fingerprint density at radius 1 is 1.60 bits per heavy atom. The van der Waals surface area contributed by atoms with Crippen LogP contribution in [0.15, 0.2) is 0 Å². The molecule has 0 aromatic carbocycles. The van der Waals surface area contributed by atoms with E-state index in [1.165, 1.54) is 0 Å². The lowest BCUT2D eigenvalue weighted by Gasteiger charge is -1.88. The van der Waals surface area contributed by atoms with Gasteiger partial charge in [-0.25, -0.2) is 0 Å². The van der Waals surface area contributed by atoms with Gasteiger partial charge >= 0.3 is 6.18 Å². The van der Waals surface area contributed by atoms with Gasteiger partial charge in [0, 0.05) is 2.74 Å². The standard InChI is InChI=1S/C2H2F3/c1-2(3,4)5/h1H2/i1D2. The Labute approximate surface area is 30.4 Å². The number of hydrogen-bond donors (Lipinski definition) is 0. The van der Waals surface area contributed by atoms with Crippen LogP contribution in [0.5, 0.6) is 0 Å². The predicted octanol–water partition coefficient (Wildman–Crippen LogP) is 1.38. The van der Waals surface area contributed by atoms with Gasteiger partial charge in [0.1, 0.15) is 0 Å². The van der Waals surface area contributed by atoms with E-state index in [9.17, 15) is 13.2 Å². The van der Waals surface area contributed by atoms with Crippen molar-refractivity contribution in [2.75, 3.05) is 0 Å². The molecule has 0 fully saturated rings. The molecule has 0 aliphatic rings. The maximum absolute atomic E-state index is 10.8. The van der Waals surface area contributed by atoms with Crippen molar-refractivity contribution in [2.24, 2.45) is 0 Å². The Balaban J connectivity index is 3.54. The SMILES string of the molecule is [2H][C]([2H])C(F)(F)F. The van der Waals surface area contributed by atoms with Gasteiger partial charge in [0.05, 0.1) is 6.88 Å². The normalized spacial score (nSPS) is 18.4. The summed E-state index contributed by atoms with van der Waals surface area (Å²) in [4.78, 5) is 0. The summed E-state index contributed by atoms with van der Waals surface area (Å²) in [5, 5.41) is 0. The second-order valence-corrected chi connectivity index (χ2v) is 0.498. The first-order valence-electron chi connectivity index (χ1n) is 1.82. The molecule has 5 heavy (non-hydrogen) atoms. The fourth-order valence-corrected chi connectivity index (χ4v) is 0. The van der Waals surface area contributed by atoms with Crippen molar-refractivity contribution in [2.45, 2.75) is 6.18 Å². The van der Waals surface area contributed by atoms with E-state index in [0.29, 0.717) is 0 Å². The summed E-state index contributed by atoms with van der Waals surface area (Å²) in [7, 11) is 0. The van der Waals surface area contributed by atoms with Crippen LogP contribution in [0.4, 0.5) is 13.2 Å². The van der Waals surface area contributed by atoms with Gasteiger partial charge in [-0.15, -0.1) is 0 Å². The first-order chi connectivity index (χ1) is 2.94. The Kier molecular flexibility index (Phi) is 0.361. The maximum Gasteiger partial charge on any atom is 0.389 e. The third-order valence-electron chi connectivity index (χ3n) is 0. The van der Waals surface area contributed by atoms with Gasteiger partial charge in [0.15, 0.2) is 0 Å². The van der Waals surface area contributed by atoms with Crippen molar-refractivity contribution < 1.29 is 15.9 Å². The van der Waals surface area contributed by atoms with Crippen molar-refractivity contribution in [3.8, 4) is 0 Å². The topological polar surface area (TPSA) is 0 Å². The number of hydrogen-bond acceptors (Lipinski definition) is 0. The molecule has 0 rings (SSSR count). The summed E-state index contributed by atoms with van der Waals surface area (Å²) in [5.74, 6) is 0. The Morgan fingerprint density at radius 3 is 1.80 bits per heavy atom. The van der Waals surface area contributed by atoms with Crippen molar-refractivity contribution in [3.63, 3.8) is 0 Å². The second kappa shape index (κ2) is 0.880. The first-order valence-corrected chi connectivity index (χ1v) is 0.817. The van der Waals surface area contributed by atoms with E-state index in [2.05, 4.69) is 0 Å². The highest BCUT2D eigenvalue weighted by atomic mass is 19.4. The zero-order valence-corrected chi connectivity index (χ0v) is 2.13. The summed E-state index contributed by atoms with van der Waals surface area (Å²) < 4.78 is 43.7. The molecule has 0 bridgehead atoms. The van der Waals surface area contributed by atoms with Gasteiger partial charge in [-0.05, 0) is 0 Å². The fourth-order valence-electron chi connectivity index (χ4n) is 0. The molecule has 0 N–H and O–H groups in total. The minimum Gasteiger partial charge on any atom is -0.171 e. The zero-order chi connectivity index (χ0) is 6.08. The van der Waals surface area contributed by atoms with Crippen LogP contribution in [0.25, 0.3) is 0 Å². The van der Waals surface area contributed by atoms with Crippen LogP contribution >= 0.6 is 0 Å². The monoisotopic (exact) mass is 85.0 g/mol. The van der Waals surface area contributed by atoms with Crippen LogP contribution in [0.3, 0.4) is 0 Å². The molecule has 0 nitrogen and oxygen atoms in total. The van der Waals surface area contributed by atoms with Gasteiger partial charge in [-0.3, -0.25) is 0 Å². The minimum atomic E-state index is -4.75. The summed E-state index contributed by atoms with van der Waals surface area (Å²) in [6.45, 7) is -2.01. The molecule has 0 saturated heterocycles. The minimum absolute atomic E-state index is 2.01. The molecule has 0 aromatic heterocycles. The highest BCUT2D eigenvalue weighted by molar-refractivity contribution is 4.45. The Morgan fingerprint density at radius 2 is 1.80 bits per heavy atom. The highest BCUT2D eigenvalue weighted by Gasteiger charge is 2.16. The van der Waals surface area contributed by atoms with E-state index in [0.717, 1.165) is 0 Å². The van der Waals surface area contributed by atoms with E-state index in [1.807, 2.05) is 0 Å². The van der Waals surface area contributed by atoms with Crippen molar-refractivity contribution >= 4 is 0 Å². The number of rotatable bonds is 0. The first kappa shape index (κ1) is 2.05. The lowest BCUT2D eigenvalue weighted by molar-refractivity contribution is -0.0829. The van der Waals surface area contributed by atoms with E-state index in [4.69, 9.17) is 2.74 Å². The number of alkyl halides is 3. The smallest absolute Gasteiger partial charge is 0.171 e. The third kappa shape index (κ3) is 275. The van der Waals surface area contributed by atoms with Crippen LogP contribution in [0.2, 0.25) is 0 Å². The number of halogens is 3. The average Bonchev–Trinajstić information content (AvgIpc) is 1.31. The third-order valence-corrected chi connectivity index (χ3v) is 0. The molecule has 0 spiro atoms. The summed E-state index contributed by atoms with van der Waals surface area (Å²) >= 11 is 0. The van der Waals surface area contributed by atoms with Crippen LogP contribution in [-0.2, 0) is 0 Å². The molecule has 0 aliphatic heterocycles. The van der Waals surface area contributed by atoms with Crippen LogP contribution in [0.1, 0.15) is 2.74 Å². The van der Waals surface area contributed by atoms with Gasteiger partial charge in [0.25, 0.3) is 0 Å². The molecule has 0 amide bonds. The molecule has 0 heterocycles. The van der Waals surface area contributed by atoms with Crippen LogP contribution < -0.4 is 0 Å². The van der Waals surface area contributed by atoms with Crippen molar-refractivity contribution in [1.29, 1.82) is 0 Å². The van der Waals surface area contributed by atoms with Crippen molar-refractivity contribution in [3.05, 3.63) is 6.88 Å². The molecular weight excluding hydrogens is 81.0 g/mol. The Hall–Kier alpha value is -0.210. The molecule has 0 saturated carbocycles. The maximum atomic E-state index is 10.8. The lowest BCUT2D eigenvalue weighted by Crippen LogP contribution is -1.96. The molecule has 0 aromatic rings. The van der Waals surface area contributed by atoms with Gasteiger partial charge in [-0.2, -0.15) is 13.2 Å². The average molecular weight is 85.0 g/mol. The predicted molar refractivity (Wildman–Crippen MR) is 11.4 cm³/mol. The molecule has 0 atom stereocenters. The van der Waals surface area contributed by atoms with E-state index < -0.39 is 13.1 Å². The molecular formula is C2H2F3. The van der Waals surface area contributed by atoms with E-state index in [1.54, 1.807) is 0 Å². The summed E-state index contributed by atoms with van der Waals surface area (Å²) in [6.07, 6.45) is -4.75. The van der Waals surface area contributed by atoms with Crippen LogP contribution in [0, 0.1) is 6.88 Å². The summed E-state index contributed by atoms with van der Waals surface area (Å²) in [6, 6.07) is 0. The molecule has 31 valence electrons. The van der Waals surface area contributed by atoms with E-state index >= 15 is 0 Å². The largest absolute Gasteiger partial charge is 0.389 e. The van der Waals surface area contributed by atoms with Crippen LogP contribution in [-0.4, -0.2) is 6.18 Å². The fraction of sp³-hybridized carbons (Fsp3) is 0.500. The van der Waals surface area contributed by atoms with Gasteiger partial charge < -0.3 is 0 Å².